The predicted octanol–water partition coefficient (Wildman–Crippen LogP) is -1.21. The fourth-order valence-corrected chi connectivity index (χ4v) is 2.88. The van der Waals surface area contributed by atoms with Crippen molar-refractivity contribution in [2.24, 2.45) is 0 Å². The van der Waals surface area contributed by atoms with Crippen molar-refractivity contribution in [3.63, 3.8) is 0 Å². The Morgan fingerprint density at radius 2 is 2.08 bits per heavy atom. The third kappa shape index (κ3) is 3.23. The molecule has 0 bridgehead atoms. The predicted molar refractivity (Wildman–Crippen MR) is 78.7 cm³/mol. The zero-order chi connectivity index (χ0) is 17.6. The number of aliphatic hydroxyl groups excluding tert-OH is 2. The summed E-state index contributed by atoms with van der Waals surface area (Å²) in [6.45, 7) is -0.622. The van der Waals surface area contributed by atoms with Gasteiger partial charge in [-0.2, -0.15) is 9.97 Å². The third-order valence-corrected chi connectivity index (χ3v) is 4.09. The number of fused-ring (bicyclic) bond motifs is 1. The molecular formula is C10H13ClN5O7P. The summed E-state index contributed by atoms with van der Waals surface area (Å²) in [6, 6.07) is 0. The van der Waals surface area contributed by atoms with E-state index in [0.717, 1.165) is 0 Å². The minimum atomic E-state index is -4.74. The lowest BCUT2D eigenvalue weighted by molar-refractivity contribution is -0.0504. The number of anilines is 1. The van der Waals surface area contributed by atoms with Crippen LogP contribution >= 0.6 is 19.4 Å². The fourth-order valence-electron chi connectivity index (χ4n) is 2.36. The lowest BCUT2D eigenvalue weighted by Crippen LogP contribution is -2.33. The number of aromatic nitrogens is 4. The molecular weight excluding hydrogens is 369 g/mol. The van der Waals surface area contributed by atoms with E-state index >= 15 is 0 Å². The summed E-state index contributed by atoms with van der Waals surface area (Å²) >= 11 is 5.75. The van der Waals surface area contributed by atoms with Crippen LogP contribution in [0.5, 0.6) is 0 Å². The molecule has 132 valence electrons. The van der Waals surface area contributed by atoms with Crippen molar-refractivity contribution < 1.29 is 33.8 Å². The Kier molecular flexibility index (Phi) is 4.49. The van der Waals surface area contributed by atoms with Crippen LogP contribution in [-0.4, -0.2) is 64.4 Å². The molecule has 0 aromatic carbocycles. The molecule has 2 aromatic heterocycles. The number of phosphoric ester groups is 1. The number of nitrogens with zero attached hydrogens (tertiary/aromatic N) is 4. The van der Waals surface area contributed by atoms with Gasteiger partial charge in [-0.15, -0.1) is 0 Å². The van der Waals surface area contributed by atoms with Gasteiger partial charge in [0.1, 0.15) is 23.8 Å². The van der Waals surface area contributed by atoms with E-state index in [1.165, 1.54) is 10.9 Å². The summed E-state index contributed by atoms with van der Waals surface area (Å²) in [5, 5.41) is 20.0. The van der Waals surface area contributed by atoms with Crippen molar-refractivity contribution >= 4 is 36.4 Å². The highest BCUT2D eigenvalue weighted by Gasteiger charge is 2.45. The molecule has 1 saturated heterocycles. The second-order valence-corrected chi connectivity index (χ2v) is 6.61. The lowest BCUT2D eigenvalue weighted by Gasteiger charge is -2.16. The number of hydrogen-bond acceptors (Lipinski definition) is 9. The van der Waals surface area contributed by atoms with E-state index in [1.807, 2.05) is 0 Å². The SMILES string of the molecule is Nc1nc(Cl)nc2c1ncn2[C@@H]1O[C@H](COP(=O)(O)O)C(O)[C@@H]1O. The lowest BCUT2D eigenvalue weighted by atomic mass is 10.1. The van der Waals surface area contributed by atoms with Crippen LogP contribution in [0.3, 0.4) is 0 Å². The Hall–Kier alpha value is -1.37. The Balaban J connectivity index is 1.89. The molecule has 0 amide bonds. The number of ether oxygens (including phenoxy) is 1. The number of hydrogen-bond donors (Lipinski definition) is 5. The highest BCUT2D eigenvalue weighted by atomic mass is 35.5. The van der Waals surface area contributed by atoms with Crippen molar-refractivity contribution in [1.82, 2.24) is 19.5 Å². The van der Waals surface area contributed by atoms with Gasteiger partial charge in [0.2, 0.25) is 5.28 Å². The summed E-state index contributed by atoms with van der Waals surface area (Å²) in [6.07, 6.45) is -3.93. The van der Waals surface area contributed by atoms with Gasteiger partial charge in [-0.25, -0.2) is 9.55 Å². The van der Waals surface area contributed by atoms with Gasteiger partial charge in [-0.05, 0) is 11.6 Å². The Morgan fingerprint density at radius 3 is 2.75 bits per heavy atom. The van der Waals surface area contributed by atoms with Crippen LogP contribution in [0.25, 0.3) is 11.2 Å². The number of aliphatic hydroxyl groups is 2. The minimum absolute atomic E-state index is 0.0261. The molecule has 1 unspecified atom stereocenters. The summed E-state index contributed by atoms with van der Waals surface area (Å²) in [5.41, 5.74) is 6.07. The first-order chi connectivity index (χ1) is 11.2. The van der Waals surface area contributed by atoms with E-state index in [-0.39, 0.29) is 22.3 Å². The first kappa shape index (κ1) is 17.5. The first-order valence-electron chi connectivity index (χ1n) is 6.54. The van der Waals surface area contributed by atoms with E-state index in [4.69, 9.17) is 31.9 Å². The molecule has 12 nitrogen and oxygen atoms in total. The van der Waals surface area contributed by atoms with E-state index < -0.39 is 39.0 Å². The van der Waals surface area contributed by atoms with Crippen molar-refractivity contribution in [1.29, 1.82) is 0 Å². The summed E-state index contributed by atoms with van der Waals surface area (Å²) < 4.78 is 21.8. The molecule has 0 aliphatic carbocycles. The monoisotopic (exact) mass is 381 g/mol. The van der Waals surface area contributed by atoms with Crippen LogP contribution in [0, 0.1) is 0 Å². The maximum Gasteiger partial charge on any atom is 0.469 e. The van der Waals surface area contributed by atoms with Crippen molar-refractivity contribution in [2.45, 2.75) is 24.5 Å². The normalized spacial score (nSPS) is 27.9. The summed E-state index contributed by atoms with van der Waals surface area (Å²) in [7, 11) is -4.74. The quantitative estimate of drug-likeness (QED) is 0.316. The Morgan fingerprint density at radius 1 is 1.38 bits per heavy atom. The Bertz CT molecular complexity index is 812. The topological polar surface area (TPSA) is 186 Å². The molecule has 0 saturated carbocycles. The number of imidazole rings is 1. The molecule has 1 aliphatic heterocycles. The molecule has 1 aliphatic rings. The first-order valence-corrected chi connectivity index (χ1v) is 8.45. The van der Waals surface area contributed by atoms with Gasteiger partial charge in [0.05, 0.1) is 12.9 Å². The molecule has 14 heteroatoms. The molecule has 3 rings (SSSR count). The molecule has 0 spiro atoms. The van der Waals surface area contributed by atoms with Crippen LogP contribution in [0.1, 0.15) is 6.23 Å². The molecule has 4 atom stereocenters. The van der Waals surface area contributed by atoms with Crippen LogP contribution in [-0.2, 0) is 13.8 Å². The van der Waals surface area contributed by atoms with E-state index in [0.29, 0.717) is 0 Å². The van der Waals surface area contributed by atoms with Gasteiger partial charge in [-0.3, -0.25) is 9.09 Å². The van der Waals surface area contributed by atoms with Crippen LogP contribution in [0.4, 0.5) is 5.82 Å². The highest BCUT2D eigenvalue weighted by Crippen LogP contribution is 2.38. The number of nitrogen functional groups attached to an aromatic ring is 1. The zero-order valence-electron chi connectivity index (χ0n) is 11.8. The molecule has 24 heavy (non-hydrogen) atoms. The minimum Gasteiger partial charge on any atom is -0.387 e. The average Bonchev–Trinajstić information content (AvgIpc) is 3.00. The average molecular weight is 382 g/mol. The van der Waals surface area contributed by atoms with Crippen molar-refractivity contribution in [3.8, 4) is 0 Å². The third-order valence-electron chi connectivity index (χ3n) is 3.44. The second kappa shape index (κ2) is 6.17. The van der Waals surface area contributed by atoms with Crippen LogP contribution in [0.15, 0.2) is 6.33 Å². The van der Waals surface area contributed by atoms with Gasteiger partial charge in [-0.1, -0.05) is 0 Å². The number of nitrogens with two attached hydrogens (primary N) is 1. The number of rotatable bonds is 4. The van der Waals surface area contributed by atoms with Crippen LogP contribution in [0.2, 0.25) is 5.28 Å². The molecule has 6 N–H and O–H groups in total. The van der Waals surface area contributed by atoms with Gasteiger partial charge < -0.3 is 30.5 Å². The van der Waals surface area contributed by atoms with Gasteiger partial charge in [0.25, 0.3) is 0 Å². The summed E-state index contributed by atoms with van der Waals surface area (Å²) in [5.74, 6) is 0.0261. The summed E-state index contributed by atoms with van der Waals surface area (Å²) in [4.78, 5) is 29.1. The maximum atomic E-state index is 10.7. The van der Waals surface area contributed by atoms with Gasteiger partial charge >= 0.3 is 7.82 Å². The van der Waals surface area contributed by atoms with Gasteiger partial charge in [0, 0.05) is 0 Å². The van der Waals surface area contributed by atoms with Crippen LogP contribution < -0.4 is 5.73 Å². The fraction of sp³-hybridized carbons (Fsp3) is 0.500. The molecule has 2 aromatic rings. The second-order valence-electron chi connectivity index (χ2n) is 5.03. The molecule has 3 heterocycles. The molecule has 0 radical (unpaired) electrons. The standard InChI is InChI=1S/C10H13ClN5O7P/c11-10-14-7(12)4-8(15-10)16(2-13-4)9-6(18)5(17)3(23-9)1-22-24(19,20)21/h2-3,5-6,9,17-18H,1H2,(H2,12,14,15)(H2,19,20,21)/t3-,5?,6+,9-/m1/s1. The number of halogens is 1. The van der Waals surface area contributed by atoms with Crippen molar-refractivity contribution in [2.75, 3.05) is 12.3 Å². The largest absolute Gasteiger partial charge is 0.469 e. The zero-order valence-corrected chi connectivity index (χ0v) is 13.4. The van der Waals surface area contributed by atoms with E-state index in [9.17, 15) is 14.8 Å². The maximum absolute atomic E-state index is 10.7. The van der Waals surface area contributed by atoms with E-state index in [2.05, 4.69) is 19.5 Å². The van der Waals surface area contributed by atoms with E-state index in [1.54, 1.807) is 0 Å². The van der Waals surface area contributed by atoms with Crippen molar-refractivity contribution in [3.05, 3.63) is 11.6 Å². The van der Waals surface area contributed by atoms with Gasteiger partial charge in [0.15, 0.2) is 17.7 Å². The number of phosphoric acid groups is 1. The smallest absolute Gasteiger partial charge is 0.387 e. The Labute approximate surface area is 139 Å². The molecule has 1 fully saturated rings. The highest BCUT2D eigenvalue weighted by molar-refractivity contribution is 7.46.